The number of aryl methyl sites for hydroxylation is 1. The van der Waals surface area contributed by atoms with E-state index in [2.05, 4.69) is 18.4 Å². The first-order valence-corrected chi connectivity index (χ1v) is 10.4. The molecule has 4 nitrogen and oxygen atoms in total. The van der Waals surface area contributed by atoms with Crippen LogP contribution >= 0.6 is 0 Å². The van der Waals surface area contributed by atoms with Gasteiger partial charge < -0.3 is 20.1 Å². The Labute approximate surface area is 171 Å². The molecule has 1 aromatic rings. The second-order valence-electron chi connectivity index (χ2n) is 6.35. The second-order valence-corrected chi connectivity index (χ2v) is 6.35. The van der Waals surface area contributed by atoms with E-state index in [1.165, 1.54) is 0 Å². The van der Waals surface area contributed by atoms with Crippen molar-refractivity contribution in [3.05, 3.63) is 48.1 Å². The molecule has 0 amide bonds. The molecule has 0 aromatic heterocycles. The molecular weight excluding hydrogens is 355 g/mol. The number of nitrogens with zero attached hydrogens (tertiary/aromatic N) is 1. The number of hydrogen-bond donors (Lipinski definition) is 1. The SMILES string of the molecule is C=C(Oc1cc(OC/C(=C\F)CN)ccc1C)N1CCC(C)CC1.CC.CC. The first-order chi connectivity index (χ1) is 13.5. The third kappa shape index (κ3) is 8.79. The third-order valence-corrected chi connectivity index (χ3v) is 4.36. The summed E-state index contributed by atoms with van der Waals surface area (Å²) in [6.07, 6.45) is 2.80. The van der Waals surface area contributed by atoms with Crippen LogP contribution in [0.2, 0.25) is 0 Å². The summed E-state index contributed by atoms with van der Waals surface area (Å²) in [6.45, 7) is 18.5. The van der Waals surface area contributed by atoms with Crippen molar-refractivity contribution in [3.8, 4) is 11.5 Å². The van der Waals surface area contributed by atoms with Crippen molar-refractivity contribution in [2.75, 3.05) is 26.2 Å². The fourth-order valence-electron chi connectivity index (χ4n) is 2.54. The number of piperidine rings is 1. The van der Waals surface area contributed by atoms with Gasteiger partial charge in [0.1, 0.15) is 18.1 Å². The van der Waals surface area contributed by atoms with Gasteiger partial charge in [0.2, 0.25) is 0 Å². The number of likely N-dealkylation sites (tertiary alicyclic amines) is 1. The van der Waals surface area contributed by atoms with Crippen LogP contribution < -0.4 is 15.2 Å². The van der Waals surface area contributed by atoms with Gasteiger partial charge in [-0.1, -0.05) is 40.7 Å². The average Bonchev–Trinajstić information content (AvgIpc) is 2.74. The summed E-state index contributed by atoms with van der Waals surface area (Å²) in [5.74, 6) is 2.74. The molecule has 1 saturated heterocycles. The van der Waals surface area contributed by atoms with Crippen LogP contribution in [0, 0.1) is 12.8 Å². The minimum absolute atomic E-state index is 0.125. The van der Waals surface area contributed by atoms with E-state index in [9.17, 15) is 4.39 Å². The molecule has 28 heavy (non-hydrogen) atoms. The van der Waals surface area contributed by atoms with Crippen LogP contribution in [0.5, 0.6) is 11.5 Å². The highest BCUT2D eigenvalue weighted by Gasteiger charge is 2.18. The molecule has 0 unspecified atom stereocenters. The summed E-state index contributed by atoms with van der Waals surface area (Å²) in [7, 11) is 0. The van der Waals surface area contributed by atoms with E-state index >= 15 is 0 Å². The normalized spacial score (nSPS) is 14.3. The van der Waals surface area contributed by atoms with Crippen molar-refractivity contribution in [2.45, 2.75) is 54.4 Å². The summed E-state index contributed by atoms with van der Waals surface area (Å²) in [4.78, 5) is 2.17. The Bertz CT molecular complexity index is 594. The Morgan fingerprint density at radius 2 is 1.86 bits per heavy atom. The number of benzene rings is 1. The highest BCUT2D eigenvalue weighted by Crippen LogP contribution is 2.28. The van der Waals surface area contributed by atoms with Gasteiger partial charge in [0.25, 0.3) is 0 Å². The van der Waals surface area contributed by atoms with Gasteiger partial charge in [-0.25, -0.2) is 4.39 Å². The molecule has 1 aromatic carbocycles. The van der Waals surface area contributed by atoms with Gasteiger partial charge in [0, 0.05) is 31.3 Å². The number of ether oxygens (including phenoxy) is 2. The van der Waals surface area contributed by atoms with Crippen LogP contribution in [0.4, 0.5) is 4.39 Å². The van der Waals surface area contributed by atoms with Gasteiger partial charge in [-0.2, -0.15) is 0 Å². The molecule has 0 saturated carbocycles. The molecule has 1 aliphatic heterocycles. The zero-order valence-electron chi connectivity index (χ0n) is 18.6. The van der Waals surface area contributed by atoms with E-state index in [1.807, 2.05) is 46.8 Å². The second kappa shape index (κ2) is 15.0. The number of hydrogen-bond acceptors (Lipinski definition) is 4. The van der Waals surface area contributed by atoms with Crippen LogP contribution in [0.3, 0.4) is 0 Å². The van der Waals surface area contributed by atoms with Crippen molar-refractivity contribution in [1.82, 2.24) is 4.90 Å². The zero-order valence-corrected chi connectivity index (χ0v) is 18.6. The molecule has 0 atom stereocenters. The number of nitrogens with two attached hydrogens (primary N) is 1. The van der Waals surface area contributed by atoms with Crippen LogP contribution in [0.15, 0.2) is 42.6 Å². The molecule has 0 radical (unpaired) electrons. The van der Waals surface area contributed by atoms with Crippen LogP contribution in [0.25, 0.3) is 0 Å². The van der Waals surface area contributed by atoms with Crippen molar-refractivity contribution < 1.29 is 13.9 Å². The Balaban J connectivity index is 0.00000171. The zero-order chi connectivity index (χ0) is 21.5. The largest absolute Gasteiger partial charge is 0.489 e. The Hall–Kier alpha value is -2.01. The summed E-state index contributed by atoms with van der Waals surface area (Å²) >= 11 is 0. The van der Waals surface area contributed by atoms with E-state index in [4.69, 9.17) is 15.2 Å². The maximum Gasteiger partial charge on any atom is 0.188 e. The highest BCUT2D eigenvalue weighted by atomic mass is 19.1. The first-order valence-electron chi connectivity index (χ1n) is 10.4. The number of rotatable bonds is 7. The van der Waals surface area contributed by atoms with Gasteiger partial charge >= 0.3 is 0 Å². The topological polar surface area (TPSA) is 47.7 Å². The van der Waals surface area contributed by atoms with Crippen molar-refractivity contribution in [3.63, 3.8) is 0 Å². The maximum atomic E-state index is 12.5. The molecule has 5 heteroatoms. The molecule has 2 N–H and O–H groups in total. The fraction of sp³-hybridized carbons (Fsp3) is 0.565. The Kier molecular flexibility index (Phi) is 13.9. The minimum Gasteiger partial charge on any atom is -0.489 e. The summed E-state index contributed by atoms with van der Waals surface area (Å²) in [5.41, 5.74) is 6.83. The Morgan fingerprint density at radius 1 is 1.25 bits per heavy atom. The molecule has 1 aliphatic rings. The van der Waals surface area contributed by atoms with E-state index in [0.717, 1.165) is 37.4 Å². The summed E-state index contributed by atoms with van der Waals surface area (Å²) < 4.78 is 24.1. The van der Waals surface area contributed by atoms with Crippen LogP contribution in [-0.2, 0) is 0 Å². The lowest BCUT2D eigenvalue weighted by molar-refractivity contribution is 0.164. The molecule has 1 heterocycles. The molecular formula is C23H39FN2O2. The van der Waals surface area contributed by atoms with Gasteiger partial charge in [-0.15, -0.1) is 0 Å². The monoisotopic (exact) mass is 394 g/mol. The van der Waals surface area contributed by atoms with Crippen molar-refractivity contribution in [1.29, 1.82) is 0 Å². The van der Waals surface area contributed by atoms with Crippen molar-refractivity contribution in [2.24, 2.45) is 11.7 Å². The van der Waals surface area contributed by atoms with Gasteiger partial charge in [0.15, 0.2) is 5.88 Å². The first kappa shape index (κ1) is 26.0. The highest BCUT2D eigenvalue weighted by molar-refractivity contribution is 5.40. The number of halogens is 1. The lowest BCUT2D eigenvalue weighted by atomic mass is 10.00. The predicted octanol–water partition coefficient (Wildman–Crippen LogP) is 5.82. The van der Waals surface area contributed by atoms with Crippen molar-refractivity contribution >= 4 is 0 Å². The lowest BCUT2D eigenvalue weighted by Crippen LogP contribution is -2.33. The quantitative estimate of drug-likeness (QED) is 0.592. The standard InChI is InChI=1S/C19H27FN2O2.2C2H6/c1-14-6-8-22(9-7-14)16(3)24-19-10-18(5-4-15(19)2)23-13-17(11-20)12-21;2*1-2/h4-5,10-11,14H,3,6-9,12-13,21H2,1-2H3;2*1-2H3/b17-11-;;. The van der Waals surface area contributed by atoms with E-state index in [0.29, 0.717) is 29.3 Å². The predicted molar refractivity (Wildman–Crippen MR) is 117 cm³/mol. The molecule has 0 spiro atoms. The van der Waals surface area contributed by atoms with E-state index < -0.39 is 0 Å². The lowest BCUT2D eigenvalue weighted by Gasteiger charge is -2.32. The smallest absolute Gasteiger partial charge is 0.188 e. The molecule has 2 rings (SSSR count). The average molecular weight is 395 g/mol. The summed E-state index contributed by atoms with van der Waals surface area (Å²) in [5, 5.41) is 0. The van der Waals surface area contributed by atoms with Gasteiger partial charge in [-0.3, -0.25) is 0 Å². The van der Waals surface area contributed by atoms with E-state index in [1.54, 1.807) is 6.07 Å². The van der Waals surface area contributed by atoms with Gasteiger partial charge in [-0.05, 0) is 43.9 Å². The minimum atomic E-state index is 0.125. The molecule has 160 valence electrons. The van der Waals surface area contributed by atoms with Crippen LogP contribution in [0.1, 0.15) is 53.0 Å². The fourth-order valence-corrected chi connectivity index (χ4v) is 2.54. The third-order valence-electron chi connectivity index (χ3n) is 4.36. The van der Waals surface area contributed by atoms with Crippen LogP contribution in [-0.4, -0.2) is 31.1 Å². The van der Waals surface area contributed by atoms with Gasteiger partial charge in [0.05, 0.1) is 6.33 Å². The molecule has 0 aliphatic carbocycles. The molecule has 0 bridgehead atoms. The molecule has 1 fully saturated rings. The van der Waals surface area contributed by atoms with E-state index in [-0.39, 0.29) is 13.2 Å². The maximum absolute atomic E-state index is 12.5. The summed E-state index contributed by atoms with van der Waals surface area (Å²) in [6, 6.07) is 5.55. The Morgan fingerprint density at radius 3 is 2.39 bits per heavy atom.